The first-order chi connectivity index (χ1) is 16.2. The van der Waals surface area contributed by atoms with E-state index < -0.39 is 32.3 Å². The molecular weight excluding hydrogens is 458 g/mol. The van der Waals surface area contributed by atoms with E-state index >= 15 is 0 Å². The number of benzene rings is 1. The average molecular weight is 504 g/mol. The van der Waals surface area contributed by atoms with Crippen LogP contribution in [0.2, 0.25) is 18.1 Å². The van der Waals surface area contributed by atoms with Gasteiger partial charge >= 0.3 is 5.97 Å². The van der Waals surface area contributed by atoms with Gasteiger partial charge in [0.25, 0.3) is 0 Å². The third-order valence-corrected chi connectivity index (χ3v) is 11.5. The SMILES string of the molecule is C[C@H](/C=C\[C@H](OC(=O)c1ccccc1)C1OC(C)(C)O[C@H]1C/C=C/N)[C@H](C)O[Si](C)(C)C(C)(C)C. The lowest BCUT2D eigenvalue weighted by Crippen LogP contribution is -2.44. The summed E-state index contributed by atoms with van der Waals surface area (Å²) in [7, 11) is -1.91. The van der Waals surface area contributed by atoms with Gasteiger partial charge in [0.05, 0.1) is 11.7 Å². The fourth-order valence-electron chi connectivity index (χ4n) is 3.71. The van der Waals surface area contributed by atoms with Gasteiger partial charge in [-0.05, 0) is 75.7 Å². The van der Waals surface area contributed by atoms with Crippen LogP contribution in [0.5, 0.6) is 0 Å². The molecule has 1 aliphatic heterocycles. The maximum absolute atomic E-state index is 13.0. The van der Waals surface area contributed by atoms with Crippen LogP contribution in [0, 0.1) is 5.92 Å². The highest BCUT2D eigenvalue weighted by Gasteiger charge is 2.45. The highest BCUT2D eigenvalue weighted by molar-refractivity contribution is 6.74. The zero-order valence-corrected chi connectivity index (χ0v) is 23.9. The molecule has 0 radical (unpaired) electrons. The van der Waals surface area contributed by atoms with Gasteiger partial charge in [-0.2, -0.15) is 0 Å². The van der Waals surface area contributed by atoms with Crippen LogP contribution < -0.4 is 5.73 Å². The van der Waals surface area contributed by atoms with Crippen LogP contribution in [0.25, 0.3) is 0 Å². The van der Waals surface area contributed by atoms with Gasteiger partial charge < -0.3 is 24.4 Å². The smallest absolute Gasteiger partial charge is 0.338 e. The molecule has 1 aromatic rings. The third kappa shape index (κ3) is 8.31. The first kappa shape index (κ1) is 29.3. The zero-order valence-electron chi connectivity index (χ0n) is 22.9. The molecule has 1 heterocycles. The predicted octanol–water partition coefficient (Wildman–Crippen LogP) is 6.20. The van der Waals surface area contributed by atoms with Crippen molar-refractivity contribution < 1.29 is 23.4 Å². The molecule has 196 valence electrons. The van der Waals surface area contributed by atoms with E-state index in [2.05, 4.69) is 53.8 Å². The number of hydrogen-bond donors (Lipinski definition) is 1. The Morgan fingerprint density at radius 1 is 1.14 bits per heavy atom. The highest BCUT2D eigenvalue weighted by Crippen LogP contribution is 2.38. The summed E-state index contributed by atoms with van der Waals surface area (Å²) in [5.41, 5.74) is 6.07. The van der Waals surface area contributed by atoms with Crippen LogP contribution in [0.1, 0.15) is 65.2 Å². The van der Waals surface area contributed by atoms with Crippen LogP contribution in [-0.2, 0) is 18.6 Å². The van der Waals surface area contributed by atoms with Crippen molar-refractivity contribution in [2.45, 2.75) is 103 Å². The Morgan fingerprint density at radius 2 is 1.77 bits per heavy atom. The van der Waals surface area contributed by atoms with E-state index in [4.69, 9.17) is 24.4 Å². The lowest BCUT2D eigenvalue weighted by atomic mass is 10.0. The minimum absolute atomic E-state index is 0.0192. The summed E-state index contributed by atoms with van der Waals surface area (Å²) in [4.78, 5) is 13.0. The van der Waals surface area contributed by atoms with Crippen molar-refractivity contribution >= 4 is 14.3 Å². The molecule has 2 N–H and O–H groups in total. The highest BCUT2D eigenvalue weighted by atomic mass is 28.4. The number of carbonyl (C=O) groups is 1. The van der Waals surface area contributed by atoms with E-state index in [-0.39, 0.29) is 23.2 Å². The molecule has 7 heteroatoms. The van der Waals surface area contributed by atoms with Gasteiger partial charge in [0, 0.05) is 6.10 Å². The fourth-order valence-corrected chi connectivity index (χ4v) is 5.21. The minimum Gasteiger partial charge on any atom is -0.452 e. The summed E-state index contributed by atoms with van der Waals surface area (Å²) < 4.78 is 24.9. The third-order valence-electron chi connectivity index (χ3n) is 6.93. The molecule has 1 aromatic carbocycles. The average Bonchev–Trinajstić information content (AvgIpc) is 3.08. The van der Waals surface area contributed by atoms with Crippen molar-refractivity contribution in [2.75, 3.05) is 0 Å². The predicted molar refractivity (Wildman–Crippen MR) is 143 cm³/mol. The van der Waals surface area contributed by atoms with E-state index in [1.807, 2.05) is 44.2 Å². The Labute approximate surface area is 213 Å². The Balaban J connectivity index is 2.27. The van der Waals surface area contributed by atoms with E-state index in [1.54, 1.807) is 12.1 Å². The molecular formula is C28H45NO5Si. The molecule has 0 amide bonds. The van der Waals surface area contributed by atoms with Gasteiger partial charge in [-0.15, -0.1) is 0 Å². The molecule has 1 unspecified atom stereocenters. The molecule has 1 aliphatic rings. The van der Waals surface area contributed by atoms with Crippen molar-refractivity contribution in [3.63, 3.8) is 0 Å². The maximum atomic E-state index is 13.0. The molecule has 0 spiro atoms. The number of ether oxygens (including phenoxy) is 3. The van der Waals surface area contributed by atoms with Crippen molar-refractivity contribution in [3.8, 4) is 0 Å². The zero-order chi connectivity index (χ0) is 26.4. The van der Waals surface area contributed by atoms with Crippen LogP contribution in [0.4, 0.5) is 0 Å². The molecule has 35 heavy (non-hydrogen) atoms. The fraction of sp³-hybridized carbons (Fsp3) is 0.607. The van der Waals surface area contributed by atoms with E-state index in [0.29, 0.717) is 12.0 Å². The number of nitrogens with two attached hydrogens (primary N) is 1. The van der Waals surface area contributed by atoms with Crippen molar-refractivity contribution in [2.24, 2.45) is 11.7 Å². The molecule has 0 aliphatic carbocycles. The summed E-state index contributed by atoms with van der Waals surface area (Å²) >= 11 is 0. The normalized spacial score (nSPS) is 23.5. The number of esters is 1. The monoisotopic (exact) mass is 503 g/mol. The second-order valence-corrected chi connectivity index (χ2v) is 16.1. The topological polar surface area (TPSA) is 80.0 Å². The van der Waals surface area contributed by atoms with E-state index in [1.165, 1.54) is 6.20 Å². The quantitative estimate of drug-likeness (QED) is 0.233. The standard InChI is InChI=1S/C28H45NO5Si/c1-20(21(2)34-35(8,9)27(3,4)5)17-18-23(31-26(30)22-14-11-10-12-15-22)25-24(16-13-19-29)32-28(6,7)33-25/h10-15,17-21,23-25H,16,29H2,1-9H3/b18-17-,19-13+/t20-,21+,23+,24+,25?/m1/s1. The molecule has 1 saturated heterocycles. The van der Waals surface area contributed by atoms with Crippen LogP contribution in [0.15, 0.2) is 54.8 Å². The molecule has 6 nitrogen and oxygen atoms in total. The van der Waals surface area contributed by atoms with Crippen LogP contribution in [-0.4, -0.2) is 44.5 Å². The summed E-state index contributed by atoms with van der Waals surface area (Å²) in [6.45, 7) is 19.2. The molecule has 0 aromatic heterocycles. The summed E-state index contributed by atoms with van der Waals surface area (Å²) in [5, 5.41) is 0.128. The van der Waals surface area contributed by atoms with Gasteiger partial charge in [-0.3, -0.25) is 0 Å². The van der Waals surface area contributed by atoms with Crippen LogP contribution in [0.3, 0.4) is 0 Å². The maximum Gasteiger partial charge on any atom is 0.338 e. The second-order valence-electron chi connectivity index (χ2n) is 11.4. The summed E-state index contributed by atoms with van der Waals surface area (Å²) in [5.74, 6) is -1.09. The number of rotatable bonds is 10. The lowest BCUT2D eigenvalue weighted by molar-refractivity contribution is -0.152. The number of hydrogen-bond acceptors (Lipinski definition) is 6. The Kier molecular flexibility index (Phi) is 9.93. The van der Waals surface area contributed by atoms with Gasteiger partial charge in [0.15, 0.2) is 14.1 Å². The van der Waals surface area contributed by atoms with Gasteiger partial charge in [0.2, 0.25) is 0 Å². The Morgan fingerprint density at radius 3 is 2.34 bits per heavy atom. The van der Waals surface area contributed by atoms with Crippen molar-refractivity contribution in [1.82, 2.24) is 0 Å². The molecule has 0 bridgehead atoms. The molecule has 0 saturated carbocycles. The summed E-state index contributed by atoms with van der Waals surface area (Å²) in [6, 6.07) is 8.98. The van der Waals surface area contributed by atoms with E-state index in [9.17, 15) is 4.79 Å². The van der Waals surface area contributed by atoms with Gasteiger partial charge in [-0.25, -0.2) is 4.79 Å². The van der Waals surface area contributed by atoms with Crippen LogP contribution >= 0.6 is 0 Å². The van der Waals surface area contributed by atoms with Crippen molar-refractivity contribution in [3.05, 3.63) is 60.3 Å². The Hall–Kier alpha value is -1.93. The first-order valence-electron chi connectivity index (χ1n) is 12.5. The Bertz CT molecular complexity index is 875. The van der Waals surface area contributed by atoms with Crippen molar-refractivity contribution in [1.29, 1.82) is 0 Å². The number of carbonyl (C=O) groups excluding carboxylic acids is 1. The molecule has 1 fully saturated rings. The van der Waals surface area contributed by atoms with Gasteiger partial charge in [-0.1, -0.05) is 58.0 Å². The molecule has 2 rings (SSSR count). The minimum atomic E-state index is -1.91. The molecule has 5 atom stereocenters. The largest absolute Gasteiger partial charge is 0.452 e. The first-order valence-corrected chi connectivity index (χ1v) is 15.4. The second kappa shape index (κ2) is 11.9. The summed E-state index contributed by atoms with van der Waals surface area (Å²) in [6.07, 6.45) is 6.46. The van der Waals surface area contributed by atoms with Gasteiger partial charge in [0.1, 0.15) is 12.2 Å². The lowest BCUT2D eigenvalue weighted by Gasteiger charge is -2.39. The van der Waals surface area contributed by atoms with E-state index in [0.717, 1.165) is 0 Å².